The van der Waals surface area contributed by atoms with Crippen LogP contribution in [0.2, 0.25) is 5.02 Å². The molecule has 23 heavy (non-hydrogen) atoms. The molecule has 0 fully saturated rings. The summed E-state index contributed by atoms with van der Waals surface area (Å²) in [6, 6.07) is 12.3. The molecule has 1 amide bonds. The van der Waals surface area contributed by atoms with Gasteiger partial charge >= 0.3 is 5.97 Å². The van der Waals surface area contributed by atoms with Crippen LogP contribution >= 0.6 is 11.6 Å². The van der Waals surface area contributed by atoms with Crippen LogP contribution in [0.4, 0.5) is 5.69 Å². The third kappa shape index (κ3) is 4.11. The fourth-order valence-electron chi connectivity index (χ4n) is 2.06. The Labute approximate surface area is 140 Å². The van der Waals surface area contributed by atoms with Crippen molar-refractivity contribution in [2.45, 2.75) is 26.9 Å². The molecule has 0 saturated heterocycles. The standard InChI is InChI=1S/C18H18ClNO3/c1-11-7-4-5-8-14(11)18(22)23-13(3)17(21)20-16-10-6-9-15(19)12(16)2/h4-10,13H,1-3H3,(H,20,21)/t13-/m0/s1. The van der Waals surface area contributed by atoms with Crippen molar-refractivity contribution >= 4 is 29.2 Å². The zero-order chi connectivity index (χ0) is 17.0. The molecule has 0 aliphatic carbocycles. The molecule has 0 unspecified atom stereocenters. The van der Waals surface area contributed by atoms with Crippen molar-refractivity contribution in [3.63, 3.8) is 0 Å². The second-order valence-electron chi connectivity index (χ2n) is 5.26. The summed E-state index contributed by atoms with van der Waals surface area (Å²) in [6.45, 7) is 5.16. The van der Waals surface area contributed by atoms with Gasteiger partial charge in [-0.15, -0.1) is 0 Å². The number of aryl methyl sites for hydroxylation is 1. The minimum atomic E-state index is -0.916. The summed E-state index contributed by atoms with van der Waals surface area (Å²) in [5.41, 5.74) is 2.61. The Hall–Kier alpha value is -2.33. The summed E-state index contributed by atoms with van der Waals surface area (Å²) in [7, 11) is 0. The molecule has 2 rings (SSSR count). The number of ether oxygens (including phenoxy) is 1. The van der Waals surface area contributed by atoms with Crippen LogP contribution < -0.4 is 5.32 Å². The van der Waals surface area contributed by atoms with Crippen LogP contribution in [-0.2, 0) is 9.53 Å². The van der Waals surface area contributed by atoms with Gasteiger partial charge in [-0.1, -0.05) is 35.9 Å². The number of anilines is 1. The lowest BCUT2D eigenvalue weighted by Gasteiger charge is -2.15. The van der Waals surface area contributed by atoms with Crippen LogP contribution in [0.15, 0.2) is 42.5 Å². The highest BCUT2D eigenvalue weighted by atomic mass is 35.5. The second-order valence-corrected chi connectivity index (χ2v) is 5.67. The van der Waals surface area contributed by atoms with Gasteiger partial charge in [0.1, 0.15) is 0 Å². The Bertz CT molecular complexity index is 743. The van der Waals surface area contributed by atoms with E-state index in [1.165, 1.54) is 6.92 Å². The molecule has 0 bridgehead atoms. The SMILES string of the molecule is Cc1ccccc1C(=O)O[C@@H](C)C(=O)Nc1cccc(Cl)c1C. The first-order chi connectivity index (χ1) is 10.9. The Balaban J connectivity index is 2.04. The van der Waals surface area contributed by atoms with Crippen LogP contribution in [0.25, 0.3) is 0 Å². The zero-order valence-electron chi connectivity index (χ0n) is 13.2. The van der Waals surface area contributed by atoms with Crippen LogP contribution in [0.1, 0.15) is 28.4 Å². The second kappa shape index (κ2) is 7.29. The Morgan fingerprint density at radius 2 is 1.78 bits per heavy atom. The number of halogens is 1. The molecule has 4 nitrogen and oxygen atoms in total. The van der Waals surface area contributed by atoms with Gasteiger partial charge in [-0.3, -0.25) is 4.79 Å². The van der Waals surface area contributed by atoms with Gasteiger partial charge in [-0.05, 0) is 50.1 Å². The van der Waals surface area contributed by atoms with Gasteiger partial charge < -0.3 is 10.1 Å². The number of benzene rings is 2. The lowest BCUT2D eigenvalue weighted by Crippen LogP contribution is -2.30. The van der Waals surface area contributed by atoms with E-state index >= 15 is 0 Å². The Morgan fingerprint density at radius 1 is 1.09 bits per heavy atom. The van der Waals surface area contributed by atoms with Gasteiger partial charge in [-0.25, -0.2) is 4.79 Å². The minimum Gasteiger partial charge on any atom is -0.449 e. The van der Waals surface area contributed by atoms with Crippen molar-refractivity contribution in [3.8, 4) is 0 Å². The van der Waals surface area contributed by atoms with Crippen molar-refractivity contribution in [2.75, 3.05) is 5.32 Å². The van der Waals surface area contributed by atoms with E-state index in [1.54, 1.807) is 30.3 Å². The topological polar surface area (TPSA) is 55.4 Å². The molecule has 2 aromatic rings. The molecule has 0 heterocycles. The Morgan fingerprint density at radius 3 is 2.48 bits per heavy atom. The third-order valence-electron chi connectivity index (χ3n) is 3.54. The first kappa shape index (κ1) is 17.0. The lowest BCUT2D eigenvalue weighted by molar-refractivity contribution is -0.123. The molecule has 0 spiro atoms. The fourth-order valence-corrected chi connectivity index (χ4v) is 2.23. The quantitative estimate of drug-likeness (QED) is 0.857. The molecule has 0 aliphatic rings. The van der Waals surface area contributed by atoms with E-state index in [9.17, 15) is 9.59 Å². The number of esters is 1. The number of carbonyl (C=O) groups is 2. The van der Waals surface area contributed by atoms with Gasteiger partial charge in [-0.2, -0.15) is 0 Å². The maximum absolute atomic E-state index is 12.2. The van der Waals surface area contributed by atoms with Crippen LogP contribution in [0.3, 0.4) is 0 Å². The molecular weight excluding hydrogens is 314 g/mol. The van der Waals surface area contributed by atoms with Gasteiger partial charge in [0.25, 0.3) is 5.91 Å². The molecule has 0 aromatic heterocycles. The van der Waals surface area contributed by atoms with E-state index in [0.717, 1.165) is 11.1 Å². The highest BCUT2D eigenvalue weighted by Crippen LogP contribution is 2.23. The van der Waals surface area contributed by atoms with Crippen LogP contribution in [0, 0.1) is 13.8 Å². The summed E-state index contributed by atoms with van der Waals surface area (Å²) < 4.78 is 5.24. The highest BCUT2D eigenvalue weighted by Gasteiger charge is 2.20. The Kier molecular flexibility index (Phi) is 5.40. The number of rotatable bonds is 4. The average molecular weight is 332 g/mol. The average Bonchev–Trinajstić information content (AvgIpc) is 2.52. The predicted molar refractivity (Wildman–Crippen MR) is 90.9 cm³/mol. The molecule has 1 N–H and O–H groups in total. The van der Waals surface area contributed by atoms with Crippen LogP contribution in [0.5, 0.6) is 0 Å². The highest BCUT2D eigenvalue weighted by molar-refractivity contribution is 6.31. The van der Waals surface area contributed by atoms with Gasteiger partial charge in [0, 0.05) is 10.7 Å². The van der Waals surface area contributed by atoms with E-state index in [4.69, 9.17) is 16.3 Å². The molecule has 5 heteroatoms. The zero-order valence-corrected chi connectivity index (χ0v) is 14.0. The molecule has 0 aliphatic heterocycles. The smallest absolute Gasteiger partial charge is 0.339 e. The van der Waals surface area contributed by atoms with Gasteiger partial charge in [0.15, 0.2) is 6.10 Å². The number of amides is 1. The van der Waals surface area contributed by atoms with Crippen molar-refractivity contribution in [2.24, 2.45) is 0 Å². The first-order valence-corrected chi connectivity index (χ1v) is 7.60. The molecule has 0 saturated carbocycles. The van der Waals surface area contributed by atoms with E-state index in [-0.39, 0.29) is 0 Å². The number of hydrogen-bond acceptors (Lipinski definition) is 3. The number of hydrogen-bond donors (Lipinski definition) is 1. The van der Waals surface area contributed by atoms with Crippen molar-refractivity contribution < 1.29 is 14.3 Å². The number of nitrogens with one attached hydrogen (secondary N) is 1. The van der Waals surface area contributed by atoms with Crippen LogP contribution in [-0.4, -0.2) is 18.0 Å². The minimum absolute atomic E-state index is 0.405. The van der Waals surface area contributed by atoms with Crippen molar-refractivity contribution in [1.29, 1.82) is 0 Å². The van der Waals surface area contributed by atoms with Crippen molar-refractivity contribution in [3.05, 3.63) is 64.2 Å². The molecule has 1 atom stereocenters. The maximum Gasteiger partial charge on any atom is 0.339 e. The third-order valence-corrected chi connectivity index (χ3v) is 3.95. The predicted octanol–water partition coefficient (Wildman–Crippen LogP) is 4.14. The molecule has 2 aromatic carbocycles. The summed E-state index contributed by atoms with van der Waals surface area (Å²) in [4.78, 5) is 24.3. The van der Waals surface area contributed by atoms with E-state index in [0.29, 0.717) is 16.3 Å². The normalized spacial score (nSPS) is 11.7. The lowest BCUT2D eigenvalue weighted by atomic mass is 10.1. The largest absolute Gasteiger partial charge is 0.449 e. The molecular formula is C18H18ClNO3. The van der Waals surface area contributed by atoms with E-state index in [2.05, 4.69) is 5.32 Å². The van der Waals surface area contributed by atoms with E-state index in [1.807, 2.05) is 26.0 Å². The molecule has 0 radical (unpaired) electrons. The van der Waals surface area contributed by atoms with E-state index < -0.39 is 18.0 Å². The summed E-state index contributed by atoms with van der Waals surface area (Å²) >= 11 is 6.02. The summed E-state index contributed by atoms with van der Waals surface area (Å²) in [5, 5.41) is 3.28. The number of carbonyl (C=O) groups excluding carboxylic acids is 2. The monoisotopic (exact) mass is 331 g/mol. The maximum atomic E-state index is 12.2. The first-order valence-electron chi connectivity index (χ1n) is 7.22. The van der Waals surface area contributed by atoms with Gasteiger partial charge in [0.05, 0.1) is 5.56 Å². The van der Waals surface area contributed by atoms with Gasteiger partial charge in [0.2, 0.25) is 0 Å². The summed E-state index contributed by atoms with van der Waals surface area (Å²) in [5.74, 6) is -0.925. The molecule has 120 valence electrons. The fraction of sp³-hybridized carbons (Fsp3) is 0.222. The summed E-state index contributed by atoms with van der Waals surface area (Å²) in [6.07, 6.45) is -0.916. The van der Waals surface area contributed by atoms with Crippen molar-refractivity contribution in [1.82, 2.24) is 0 Å².